The molecule has 0 saturated carbocycles. The molecule has 1 aliphatic rings. The minimum atomic E-state index is 0.228. The maximum atomic E-state index is 11.8. The molecule has 2 rings (SSSR count). The summed E-state index contributed by atoms with van der Waals surface area (Å²) in [6.07, 6.45) is 5.47. The quantitative estimate of drug-likeness (QED) is 0.822. The lowest BCUT2D eigenvalue weighted by atomic mass is 10.1. The van der Waals surface area contributed by atoms with Gasteiger partial charge in [0.1, 0.15) is 0 Å². The molecule has 0 aromatic carbocycles. The van der Waals surface area contributed by atoms with Crippen molar-refractivity contribution in [2.45, 2.75) is 38.6 Å². The highest BCUT2D eigenvalue weighted by Gasteiger charge is 2.29. The number of nitrogens with zero attached hydrogens (tertiary/aromatic N) is 2. The highest BCUT2D eigenvalue weighted by Crippen LogP contribution is 2.30. The van der Waals surface area contributed by atoms with Crippen LogP contribution in [0.3, 0.4) is 0 Å². The first-order valence-electron chi connectivity index (χ1n) is 5.61. The summed E-state index contributed by atoms with van der Waals surface area (Å²) in [6.45, 7) is 2.93. The number of H-pyrrole nitrogens is 1. The van der Waals surface area contributed by atoms with Crippen molar-refractivity contribution in [2.24, 2.45) is 0 Å². The van der Waals surface area contributed by atoms with E-state index in [9.17, 15) is 4.79 Å². The standard InChI is InChI=1S/C11H17N3O/c1-2-4-11(15)14-8-3-5-10(14)9-6-7-12-13-9/h6-7,10H,2-5,8H2,1H3,(H,12,13)/t10-/m1/s1. The Kier molecular flexibility index (Phi) is 3.04. The van der Waals surface area contributed by atoms with Crippen LogP contribution in [0.1, 0.15) is 44.3 Å². The number of aromatic nitrogens is 2. The van der Waals surface area contributed by atoms with Gasteiger partial charge in [-0.2, -0.15) is 5.10 Å². The molecule has 1 aromatic rings. The maximum Gasteiger partial charge on any atom is 0.223 e. The van der Waals surface area contributed by atoms with Crippen LogP contribution in [-0.2, 0) is 4.79 Å². The van der Waals surface area contributed by atoms with E-state index >= 15 is 0 Å². The molecule has 1 aromatic heterocycles. The van der Waals surface area contributed by atoms with Gasteiger partial charge < -0.3 is 4.90 Å². The summed E-state index contributed by atoms with van der Waals surface area (Å²) in [6, 6.07) is 2.19. The average molecular weight is 207 g/mol. The molecule has 1 atom stereocenters. The first-order valence-corrected chi connectivity index (χ1v) is 5.61. The van der Waals surface area contributed by atoms with E-state index in [4.69, 9.17) is 0 Å². The summed E-state index contributed by atoms with van der Waals surface area (Å²) >= 11 is 0. The smallest absolute Gasteiger partial charge is 0.223 e. The summed E-state index contributed by atoms with van der Waals surface area (Å²) in [4.78, 5) is 13.8. The summed E-state index contributed by atoms with van der Waals surface area (Å²) in [5, 5.41) is 6.91. The van der Waals surface area contributed by atoms with E-state index in [-0.39, 0.29) is 11.9 Å². The third-order valence-corrected chi connectivity index (χ3v) is 2.92. The normalized spacial score (nSPS) is 20.9. The fourth-order valence-electron chi connectivity index (χ4n) is 2.20. The molecule has 4 heteroatoms. The van der Waals surface area contributed by atoms with Crippen molar-refractivity contribution in [1.82, 2.24) is 15.1 Å². The Bertz CT molecular complexity index is 321. The lowest BCUT2D eigenvalue weighted by molar-refractivity contribution is -0.132. The fraction of sp³-hybridized carbons (Fsp3) is 0.636. The molecule has 82 valence electrons. The zero-order chi connectivity index (χ0) is 10.7. The molecule has 2 heterocycles. The van der Waals surface area contributed by atoms with Gasteiger partial charge in [-0.1, -0.05) is 6.92 Å². The second kappa shape index (κ2) is 4.47. The molecule has 0 unspecified atom stereocenters. The van der Waals surface area contributed by atoms with Crippen molar-refractivity contribution in [1.29, 1.82) is 0 Å². The number of carbonyl (C=O) groups is 1. The largest absolute Gasteiger partial charge is 0.334 e. The minimum Gasteiger partial charge on any atom is -0.334 e. The predicted octanol–water partition coefficient (Wildman–Crippen LogP) is 1.87. The van der Waals surface area contributed by atoms with Crippen molar-refractivity contribution in [2.75, 3.05) is 6.54 Å². The lowest BCUT2D eigenvalue weighted by Gasteiger charge is -2.23. The van der Waals surface area contributed by atoms with Gasteiger partial charge in [0.25, 0.3) is 0 Å². The third-order valence-electron chi connectivity index (χ3n) is 2.92. The monoisotopic (exact) mass is 207 g/mol. The van der Waals surface area contributed by atoms with Gasteiger partial charge in [0.2, 0.25) is 5.91 Å². The molecule has 0 spiro atoms. The summed E-state index contributed by atoms with van der Waals surface area (Å²) in [7, 11) is 0. The second-order valence-electron chi connectivity index (χ2n) is 4.01. The average Bonchev–Trinajstić information content (AvgIpc) is 2.88. The minimum absolute atomic E-state index is 0.228. The Labute approximate surface area is 89.7 Å². The van der Waals surface area contributed by atoms with E-state index in [0.29, 0.717) is 6.42 Å². The topological polar surface area (TPSA) is 49.0 Å². The van der Waals surface area contributed by atoms with E-state index in [1.54, 1.807) is 6.20 Å². The van der Waals surface area contributed by atoms with E-state index < -0.39 is 0 Å². The highest BCUT2D eigenvalue weighted by atomic mass is 16.2. The van der Waals surface area contributed by atoms with Gasteiger partial charge in [0.05, 0.1) is 11.7 Å². The fourth-order valence-corrected chi connectivity index (χ4v) is 2.20. The third kappa shape index (κ3) is 2.03. The van der Waals surface area contributed by atoms with Crippen molar-refractivity contribution < 1.29 is 4.79 Å². The Balaban J connectivity index is 2.08. The van der Waals surface area contributed by atoms with Crippen molar-refractivity contribution in [3.8, 4) is 0 Å². The van der Waals surface area contributed by atoms with E-state index in [1.165, 1.54) is 0 Å². The molecule has 1 fully saturated rings. The van der Waals surface area contributed by atoms with Gasteiger partial charge in [-0.25, -0.2) is 0 Å². The SMILES string of the molecule is CCCC(=O)N1CCC[C@@H]1c1ccn[nH]1. The molecule has 1 saturated heterocycles. The zero-order valence-electron chi connectivity index (χ0n) is 9.07. The van der Waals surface area contributed by atoms with E-state index in [2.05, 4.69) is 10.2 Å². The molecule has 4 nitrogen and oxygen atoms in total. The van der Waals surface area contributed by atoms with Crippen LogP contribution in [0.5, 0.6) is 0 Å². The number of carbonyl (C=O) groups excluding carboxylic acids is 1. The molecule has 15 heavy (non-hydrogen) atoms. The zero-order valence-corrected chi connectivity index (χ0v) is 9.07. The van der Waals surface area contributed by atoms with Gasteiger partial charge in [-0.15, -0.1) is 0 Å². The number of amides is 1. The summed E-state index contributed by atoms with van der Waals surface area (Å²) in [5.74, 6) is 0.273. The number of aromatic amines is 1. The van der Waals surface area contributed by atoms with E-state index in [0.717, 1.165) is 31.5 Å². The predicted molar refractivity (Wildman–Crippen MR) is 57.2 cm³/mol. The van der Waals surface area contributed by atoms with Gasteiger partial charge >= 0.3 is 0 Å². The molecule has 0 bridgehead atoms. The second-order valence-corrected chi connectivity index (χ2v) is 4.01. The van der Waals surface area contributed by atoms with Crippen LogP contribution in [0.2, 0.25) is 0 Å². The summed E-state index contributed by atoms with van der Waals surface area (Å²) < 4.78 is 0. The molecular formula is C11H17N3O. The van der Waals surface area contributed by atoms with Crippen molar-refractivity contribution >= 4 is 5.91 Å². The Hall–Kier alpha value is -1.32. The van der Waals surface area contributed by atoms with Crippen LogP contribution in [-0.4, -0.2) is 27.5 Å². The molecule has 0 radical (unpaired) electrons. The van der Waals surface area contributed by atoms with Crippen LogP contribution >= 0.6 is 0 Å². The van der Waals surface area contributed by atoms with E-state index in [1.807, 2.05) is 17.9 Å². The molecule has 1 N–H and O–H groups in total. The Morgan fingerprint density at radius 3 is 3.27 bits per heavy atom. The Morgan fingerprint density at radius 2 is 2.60 bits per heavy atom. The van der Waals surface area contributed by atoms with Crippen LogP contribution in [0.25, 0.3) is 0 Å². The molecular weight excluding hydrogens is 190 g/mol. The van der Waals surface area contributed by atoms with Crippen molar-refractivity contribution in [3.05, 3.63) is 18.0 Å². The van der Waals surface area contributed by atoms with Crippen LogP contribution in [0.4, 0.5) is 0 Å². The molecule has 1 aliphatic heterocycles. The number of rotatable bonds is 3. The lowest BCUT2D eigenvalue weighted by Crippen LogP contribution is -2.30. The first-order chi connectivity index (χ1) is 7.33. The molecule has 0 aliphatic carbocycles. The van der Waals surface area contributed by atoms with Crippen LogP contribution in [0, 0.1) is 0 Å². The van der Waals surface area contributed by atoms with Crippen LogP contribution in [0.15, 0.2) is 12.3 Å². The van der Waals surface area contributed by atoms with Gasteiger partial charge in [0, 0.05) is 19.2 Å². The van der Waals surface area contributed by atoms with Crippen LogP contribution < -0.4 is 0 Å². The van der Waals surface area contributed by atoms with Crippen molar-refractivity contribution in [3.63, 3.8) is 0 Å². The highest BCUT2D eigenvalue weighted by molar-refractivity contribution is 5.76. The summed E-state index contributed by atoms with van der Waals surface area (Å²) in [5.41, 5.74) is 1.07. The van der Waals surface area contributed by atoms with Gasteiger partial charge in [0.15, 0.2) is 0 Å². The van der Waals surface area contributed by atoms with Gasteiger partial charge in [-0.05, 0) is 25.3 Å². The Morgan fingerprint density at radius 1 is 1.73 bits per heavy atom. The maximum absolute atomic E-state index is 11.8. The number of hydrogen-bond donors (Lipinski definition) is 1. The number of likely N-dealkylation sites (tertiary alicyclic amines) is 1. The number of hydrogen-bond acceptors (Lipinski definition) is 2. The first kappa shape index (κ1) is 10.2. The number of nitrogens with one attached hydrogen (secondary N) is 1. The molecule has 1 amide bonds. The van der Waals surface area contributed by atoms with Gasteiger partial charge in [-0.3, -0.25) is 9.89 Å².